The van der Waals surface area contributed by atoms with Crippen LogP contribution in [0.2, 0.25) is 5.02 Å². The van der Waals surface area contributed by atoms with Crippen LogP contribution in [0.25, 0.3) is 11.3 Å². The second-order valence-electron chi connectivity index (χ2n) is 6.91. The van der Waals surface area contributed by atoms with Crippen molar-refractivity contribution >= 4 is 50.5 Å². The molecule has 0 saturated carbocycles. The SMILES string of the molecule is Cc1cc2ccnn2c(C(=O)NCCC#N)c1NC(=O)c1cc(Br)nn1-c1ncccc1Cl. The summed E-state index contributed by atoms with van der Waals surface area (Å²) in [7, 11) is 0. The maximum absolute atomic E-state index is 13.3. The van der Waals surface area contributed by atoms with Crippen molar-refractivity contribution in [2.75, 3.05) is 11.9 Å². The molecule has 33 heavy (non-hydrogen) atoms. The predicted octanol–water partition coefficient (Wildman–Crippen LogP) is 3.54. The second kappa shape index (κ2) is 9.40. The first-order valence-corrected chi connectivity index (χ1v) is 10.9. The fourth-order valence-corrected chi connectivity index (χ4v) is 3.84. The monoisotopic (exact) mass is 526 g/mol. The van der Waals surface area contributed by atoms with E-state index in [9.17, 15) is 9.59 Å². The van der Waals surface area contributed by atoms with Gasteiger partial charge in [-0.25, -0.2) is 14.2 Å². The van der Waals surface area contributed by atoms with Crippen LogP contribution in [0.3, 0.4) is 0 Å². The number of hydrogen-bond donors (Lipinski definition) is 2. The zero-order chi connectivity index (χ0) is 23.5. The van der Waals surface area contributed by atoms with Gasteiger partial charge < -0.3 is 10.6 Å². The number of pyridine rings is 2. The smallest absolute Gasteiger partial charge is 0.274 e. The Hall–Kier alpha value is -3.75. The average Bonchev–Trinajstić information content (AvgIpc) is 3.40. The lowest BCUT2D eigenvalue weighted by Gasteiger charge is -2.16. The molecular formula is C21H16BrClN8O2. The molecule has 2 amide bonds. The molecule has 0 aliphatic carbocycles. The molecule has 0 aromatic carbocycles. The number of carbonyl (C=O) groups is 2. The molecule has 0 saturated heterocycles. The number of fused-ring (bicyclic) bond motifs is 1. The summed E-state index contributed by atoms with van der Waals surface area (Å²) in [5.74, 6) is -0.722. The molecule has 4 rings (SSSR count). The first kappa shape index (κ1) is 22.4. The lowest BCUT2D eigenvalue weighted by molar-refractivity contribution is 0.0948. The fraction of sp³-hybridized carbons (Fsp3) is 0.143. The van der Waals surface area contributed by atoms with E-state index in [2.05, 4.69) is 41.7 Å². The van der Waals surface area contributed by atoms with Crippen molar-refractivity contribution in [3.8, 4) is 11.9 Å². The van der Waals surface area contributed by atoms with Gasteiger partial charge in [-0.2, -0.15) is 15.5 Å². The van der Waals surface area contributed by atoms with E-state index >= 15 is 0 Å². The third-order valence-corrected chi connectivity index (χ3v) is 5.39. The minimum atomic E-state index is -0.532. The Morgan fingerprint density at radius 1 is 1.24 bits per heavy atom. The molecule has 12 heteroatoms. The maximum Gasteiger partial charge on any atom is 0.274 e. The van der Waals surface area contributed by atoms with Crippen LogP contribution >= 0.6 is 27.5 Å². The van der Waals surface area contributed by atoms with Gasteiger partial charge in [0.15, 0.2) is 11.5 Å². The van der Waals surface area contributed by atoms with Crippen LogP contribution in [-0.4, -0.2) is 42.7 Å². The summed E-state index contributed by atoms with van der Waals surface area (Å²) in [5, 5.41) is 23.1. The van der Waals surface area contributed by atoms with E-state index in [1.165, 1.54) is 21.5 Å². The van der Waals surface area contributed by atoms with Gasteiger partial charge in [-0.1, -0.05) is 11.6 Å². The van der Waals surface area contributed by atoms with Gasteiger partial charge in [0.2, 0.25) is 0 Å². The largest absolute Gasteiger partial charge is 0.350 e. The number of nitriles is 1. The Labute approximate surface area is 201 Å². The standard InChI is InChI=1S/C21H16BrClN8O2/c1-12-10-13-5-9-27-30(13)18(21(33)26-8-3-6-24)17(12)28-20(32)15-11-16(22)29-31(15)19-14(23)4-2-7-25-19/h2,4-5,7,9-11H,3,8H2,1H3,(H,26,33)(H,28,32). The number of hydrogen-bond acceptors (Lipinski definition) is 6. The van der Waals surface area contributed by atoms with Gasteiger partial charge in [-0.3, -0.25) is 9.59 Å². The van der Waals surface area contributed by atoms with Crippen LogP contribution < -0.4 is 10.6 Å². The molecule has 10 nitrogen and oxygen atoms in total. The third kappa shape index (κ3) is 4.44. The van der Waals surface area contributed by atoms with Crippen LogP contribution in [0.5, 0.6) is 0 Å². The van der Waals surface area contributed by atoms with Gasteiger partial charge in [0.25, 0.3) is 11.8 Å². The maximum atomic E-state index is 13.3. The van der Waals surface area contributed by atoms with Gasteiger partial charge >= 0.3 is 0 Å². The number of halogens is 2. The van der Waals surface area contributed by atoms with Crippen molar-refractivity contribution in [2.45, 2.75) is 13.3 Å². The van der Waals surface area contributed by atoms with Gasteiger partial charge in [-0.05, 0) is 52.7 Å². The highest BCUT2D eigenvalue weighted by molar-refractivity contribution is 9.10. The Morgan fingerprint density at radius 2 is 2.06 bits per heavy atom. The van der Waals surface area contributed by atoms with Gasteiger partial charge in [-0.15, -0.1) is 0 Å². The van der Waals surface area contributed by atoms with Crippen molar-refractivity contribution in [1.29, 1.82) is 5.26 Å². The molecule has 0 unspecified atom stereocenters. The Balaban J connectivity index is 1.76. The molecule has 0 atom stereocenters. The van der Waals surface area contributed by atoms with Crippen molar-refractivity contribution in [2.24, 2.45) is 0 Å². The fourth-order valence-electron chi connectivity index (χ4n) is 3.27. The van der Waals surface area contributed by atoms with E-state index in [4.69, 9.17) is 16.9 Å². The number of nitrogens with one attached hydrogen (secondary N) is 2. The van der Waals surface area contributed by atoms with Crippen LogP contribution in [-0.2, 0) is 0 Å². The molecule has 2 N–H and O–H groups in total. The first-order valence-electron chi connectivity index (χ1n) is 9.71. The number of carbonyl (C=O) groups excluding carboxylic acids is 2. The lowest BCUT2D eigenvalue weighted by atomic mass is 10.1. The minimum absolute atomic E-state index is 0.141. The molecule has 4 heterocycles. The number of nitrogens with zero attached hydrogens (tertiary/aromatic N) is 6. The van der Waals surface area contributed by atoms with Crippen molar-refractivity contribution < 1.29 is 9.59 Å². The zero-order valence-electron chi connectivity index (χ0n) is 17.2. The number of anilines is 1. The van der Waals surface area contributed by atoms with Crippen LogP contribution in [0, 0.1) is 18.3 Å². The molecule has 0 radical (unpaired) electrons. The molecular weight excluding hydrogens is 512 g/mol. The van der Waals surface area contributed by atoms with Gasteiger partial charge in [0.05, 0.1) is 34.9 Å². The summed E-state index contributed by atoms with van der Waals surface area (Å²) in [6, 6.07) is 10.4. The Morgan fingerprint density at radius 3 is 2.82 bits per heavy atom. The molecule has 0 spiro atoms. The highest BCUT2D eigenvalue weighted by atomic mass is 79.9. The quantitative estimate of drug-likeness (QED) is 0.369. The Bertz CT molecular complexity index is 1420. The van der Waals surface area contributed by atoms with Gasteiger partial charge in [0.1, 0.15) is 10.3 Å². The van der Waals surface area contributed by atoms with E-state index in [1.54, 1.807) is 37.4 Å². The molecule has 0 fully saturated rings. The molecule has 0 aliphatic heterocycles. The van der Waals surface area contributed by atoms with E-state index in [-0.39, 0.29) is 35.9 Å². The minimum Gasteiger partial charge on any atom is -0.350 e. The third-order valence-electron chi connectivity index (χ3n) is 4.71. The van der Waals surface area contributed by atoms with E-state index < -0.39 is 11.8 Å². The summed E-state index contributed by atoms with van der Waals surface area (Å²) >= 11 is 9.54. The molecule has 166 valence electrons. The molecule has 4 aromatic rings. The first-order chi connectivity index (χ1) is 15.9. The predicted molar refractivity (Wildman–Crippen MR) is 125 cm³/mol. The normalized spacial score (nSPS) is 10.7. The summed E-state index contributed by atoms with van der Waals surface area (Å²) in [5.41, 5.74) is 1.91. The van der Waals surface area contributed by atoms with E-state index in [0.29, 0.717) is 20.7 Å². The second-order valence-corrected chi connectivity index (χ2v) is 8.13. The summed E-state index contributed by atoms with van der Waals surface area (Å²) in [6.45, 7) is 1.94. The van der Waals surface area contributed by atoms with Crippen molar-refractivity contribution in [1.82, 2.24) is 29.7 Å². The summed E-state index contributed by atoms with van der Waals surface area (Å²) < 4.78 is 3.16. The average molecular weight is 528 g/mol. The highest BCUT2D eigenvalue weighted by Crippen LogP contribution is 2.26. The van der Waals surface area contributed by atoms with Crippen molar-refractivity contribution in [3.05, 3.63) is 69.3 Å². The van der Waals surface area contributed by atoms with Crippen molar-refractivity contribution in [3.63, 3.8) is 0 Å². The number of aromatic nitrogens is 5. The molecule has 0 bridgehead atoms. The lowest BCUT2D eigenvalue weighted by Crippen LogP contribution is -2.29. The van der Waals surface area contributed by atoms with E-state index in [1.807, 2.05) is 6.07 Å². The Kier molecular flexibility index (Phi) is 6.39. The van der Waals surface area contributed by atoms with Crippen LogP contribution in [0.1, 0.15) is 33.0 Å². The summed E-state index contributed by atoms with van der Waals surface area (Å²) in [6.07, 6.45) is 3.25. The number of rotatable bonds is 6. The van der Waals surface area contributed by atoms with Gasteiger partial charge in [0, 0.05) is 18.8 Å². The molecule has 0 aliphatic rings. The van der Waals surface area contributed by atoms with Crippen LogP contribution in [0.4, 0.5) is 5.69 Å². The highest BCUT2D eigenvalue weighted by Gasteiger charge is 2.24. The molecule has 4 aromatic heterocycles. The topological polar surface area (TPSA) is 130 Å². The zero-order valence-corrected chi connectivity index (χ0v) is 19.6. The number of amides is 2. The number of aryl methyl sites for hydroxylation is 1. The van der Waals surface area contributed by atoms with E-state index in [0.717, 1.165) is 0 Å². The van der Waals surface area contributed by atoms with Crippen LogP contribution in [0.15, 0.2) is 47.3 Å². The summed E-state index contributed by atoms with van der Waals surface area (Å²) in [4.78, 5) is 30.5.